The summed E-state index contributed by atoms with van der Waals surface area (Å²) in [4.78, 5) is 26.8. The summed E-state index contributed by atoms with van der Waals surface area (Å²) >= 11 is 5.26. The largest absolute Gasteiger partial charge is 0.476 e. The van der Waals surface area contributed by atoms with Crippen molar-refractivity contribution in [2.75, 3.05) is 5.88 Å². The van der Waals surface area contributed by atoms with Crippen molar-refractivity contribution in [2.45, 2.75) is 38.2 Å². The van der Waals surface area contributed by atoms with Crippen LogP contribution in [-0.2, 0) is 14.4 Å². The molecule has 16 heavy (non-hydrogen) atoms. The number of nitrogens with zero attached hydrogens (tertiary/aromatic N) is 1. The number of hydrogen-bond acceptors (Lipinski definition) is 4. The predicted molar refractivity (Wildman–Crippen MR) is 58.8 cm³/mol. The van der Waals surface area contributed by atoms with Crippen molar-refractivity contribution in [1.82, 2.24) is 0 Å². The summed E-state index contributed by atoms with van der Waals surface area (Å²) in [6, 6.07) is 0. The van der Waals surface area contributed by atoms with E-state index in [2.05, 4.69) is 5.16 Å². The third kappa shape index (κ3) is 3.81. The number of carbonyl (C=O) groups excluding carboxylic acids is 1. The van der Waals surface area contributed by atoms with E-state index in [1.807, 2.05) is 0 Å². The van der Waals surface area contributed by atoms with Crippen LogP contribution < -0.4 is 0 Å². The highest BCUT2D eigenvalue weighted by Gasteiger charge is 2.21. The molecule has 5 nitrogen and oxygen atoms in total. The van der Waals surface area contributed by atoms with E-state index in [-0.39, 0.29) is 6.10 Å². The molecule has 0 spiro atoms. The lowest BCUT2D eigenvalue weighted by Crippen LogP contribution is -2.26. The third-order valence-corrected chi connectivity index (χ3v) is 2.68. The van der Waals surface area contributed by atoms with Gasteiger partial charge in [-0.3, -0.25) is 4.79 Å². The zero-order valence-corrected chi connectivity index (χ0v) is 9.57. The second kappa shape index (κ2) is 6.48. The molecule has 0 radical (unpaired) electrons. The summed E-state index contributed by atoms with van der Waals surface area (Å²) in [6.07, 6.45) is 4.89. The van der Waals surface area contributed by atoms with Crippen LogP contribution in [0.2, 0.25) is 0 Å². The average Bonchev–Trinajstić information content (AvgIpc) is 2.30. The highest BCUT2D eigenvalue weighted by molar-refractivity contribution is 6.67. The van der Waals surface area contributed by atoms with Gasteiger partial charge in [0.25, 0.3) is 0 Å². The maximum atomic E-state index is 11.1. The number of ketones is 1. The number of rotatable bonds is 5. The Hall–Kier alpha value is -1.10. The summed E-state index contributed by atoms with van der Waals surface area (Å²) in [7, 11) is 0. The predicted octanol–water partition coefficient (Wildman–Crippen LogP) is 1.58. The molecule has 0 saturated heterocycles. The topological polar surface area (TPSA) is 76.0 Å². The molecule has 90 valence electrons. The van der Waals surface area contributed by atoms with E-state index in [1.165, 1.54) is 0 Å². The van der Waals surface area contributed by atoms with Gasteiger partial charge in [0.05, 0.1) is 5.88 Å². The lowest BCUT2D eigenvalue weighted by Gasteiger charge is -2.19. The fraction of sp³-hybridized carbons (Fsp3) is 0.700. The maximum absolute atomic E-state index is 11.1. The van der Waals surface area contributed by atoms with Crippen LogP contribution in [0.15, 0.2) is 5.16 Å². The zero-order valence-electron chi connectivity index (χ0n) is 8.82. The van der Waals surface area contributed by atoms with E-state index >= 15 is 0 Å². The molecule has 1 aliphatic rings. The van der Waals surface area contributed by atoms with E-state index in [0.717, 1.165) is 32.1 Å². The number of carbonyl (C=O) groups is 2. The molecule has 0 aliphatic heterocycles. The van der Waals surface area contributed by atoms with Crippen LogP contribution in [0.5, 0.6) is 0 Å². The molecule has 0 amide bonds. The second-order valence-electron chi connectivity index (χ2n) is 3.67. The summed E-state index contributed by atoms with van der Waals surface area (Å²) in [6.45, 7) is 0. The molecule has 1 aliphatic carbocycles. The quantitative estimate of drug-likeness (QED) is 0.346. The van der Waals surface area contributed by atoms with E-state index in [1.54, 1.807) is 0 Å². The standard InChI is InChI=1S/C10H14ClNO4/c11-6-8(13)9(10(14)15)12-16-7-4-2-1-3-5-7/h7H,1-6H2,(H,14,15). The minimum atomic E-state index is -1.40. The Labute approximate surface area is 98.4 Å². The molecule has 0 aromatic heterocycles. The Morgan fingerprint density at radius 2 is 1.94 bits per heavy atom. The Morgan fingerprint density at radius 3 is 2.44 bits per heavy atom. The first kappa shape index (κ1) is 13.0. The van der Waals surface area contributed by atoms with Gasteiger partial charge < -0.3 is 9.94 Å². The smallest absolute Gasteiger partial charge is 0.361 e. The number of aliphatic carboxylic acids is 1. The highest BCUT2D eigenvalue weighted by Crippen LogP contribution is 2.20. The third-order valence-electron chi connectivity index (χ3n) is 2.43. The van der Waals surface area contributed by atoms with Crippen LogP contribution in [0.25, 0.3) is 0 Å². The van der Waals surface area contributed by atoms with Gasteiger partial charge in [-0.1, -0.05) is 11.6 Å². The van der Waals surface area contributed by atoms with Crippen molar-refractivity contribution in [2.24, 2.45) is 5.16 Å². The molecular weight excluding hydrogens is 234 g/mol. The Morgan fingerprint density at radius 1 is 1.31 bits per heavy atom. The molecule has 1 fully saturated rings. The highest BCUT2D eigenvalue weighted by atomic mass is 35.5. The first-order chi connectivity index (χ1) is 7.65. The number of halogens is 1. The number of oxime groups is 1. The van der Waals surface area contributed by atoms with Gasteiger partial charge >= 0.3 is 5.97 Å². The van der Waals surface area contributed by atoms with Crippen molar-refractivity contribution in [1.29, 1.82) is 0 Å². The Balaban J connectivity index is 2.56. The SMILES string of the molecule is O=C(O)C(=NOC1CCCCC1)C(=O)CCl. The monoisotopic (exact) mass is 247 g/mol. The number of alkyl halides is 1. The molecule has 6 heteroatoms. The van der Waals surface area contributed by atoms with Gasteiger partial charge in [-0.05, 0) is 25.7 Å². The molecule has 0 aromatic rings. The molecule has 0 atom stereocenters. The van der Waals surface area contributed by atoms with Gasteiger partial charge in [0.2, 0.25) is 11.5 Å². The van der Waals surface area contributed by atoms with Gasteiger partial charge in [0.1, 0.15) is 6.10 Å². The van der Waals surface area contributed by atoms with Gasteiger partial charge in [-0.25, -0.2) is 4.79 Å². The van der Waals surface area contributed by atoms with E-state index < -0.39 is 23.3 Å². The minimum absolute atomic E-state index is 0.0776. The van der Waals surface area contributed by atoms with E-state index in [0.29, 0.717) is 0 Å². The van der Waals surface area contributed by atoms with E-state index in [9.17, 15) is 9.59 Å². The first-order valence-electron chi connectivity index (χ1n) is 5.21. The molecule has 0 aromatic carbocycles. The molecular formula is C10H14ClNO4. The normalized spacial score (nSPS) is 18.2. The fourth-order valence-electron chi connectivity index (χ4n) is 1.57. The summed E-state index contributed by atoms with van der Waals surface area (Å²) < 4.78 is 0. The molecule has 0 unspecified atom stereocenters. The van der Waals surface area contributed by atoms with Crippen molar-refractivity contribution in [3.05, 3.63) is 0 Å². The number of Topliss-reactive ketones (excluding diaryl/α,β-unsaturated/α-hetero) is 1. The van der Waals surface area contributed by atoms with Gasteiger partial charge in [0, 0.05) is 0 Å². The van der Waals surface area contributed by atoms with Gasteiger partial charge in [0.15, 0.2) is 0 Å². The zero-order chi connectivity index (χ0) is 12.0. The fourth-order valence-corrected chi connectivity index (χ4v) is 1.70. The average molecular weight is 248 g/mol. The van der Waals surface area contributed by atoms with Crippen molar-refractivity contribution in [3.63, 3.8) is 0 Å². The van der Waals surface area contributed by atoms with Crippen LogP contribution in [0.1, 0.15) is 32.1 Å². The van der Waals surface area contributed by atoms with Crippen molar-refractivity contribution >= 4 is 29.1 Å². The Kier molecular flexibility index (Phi) is 5.25. The van der Waals surface area contributed by atoms with Crippen molar-refractivity contribution in [3.8, 4) is 0 Å². The number of carboxylic acid groups (broad SMARTS) is 1. The van der Waals surface area contributed by atoms with Crippen LogP contribution in [0.3, 0.4) is 0 Å². The molecule has 0 heterocycles. The second-order valence-corrected chi connectivity index (χ2v) is 3.93. The van der Waals surface area contributed by atoms with Crippen LogP contribution in [-0.4, -0.2) is 34.6 Å². The molecule has 0 bridgehead atoms. The van der Waals surface area contributed by atoms with Gasteiger partial charge in [-0.2, -0.15) is 0 Å². The summed E-state index contributed by atoms with van der Waals surface area (Å²) in [5.74, 6) is -2.54. The molecule has 1 N–H and O–H groups in total. The van der Waals surface area contributed by atoms with Gasteiger partial charge in [-0.15, -0.1) is 11.6 Å². The summed E-state index contributed by atoms with van der Waals surface area (Å²) in [5.41, 5.74) is -0.624. The maximum Gasteiger partial charge on any atom is 0.361 e. The van der Waals surface area contributed by atoms with Crippen molar-refractivity contribution < 1.29 is 19.5 Å². The van der Waals surface area contributed by atoms with Crippen LogP contribution >= 0.6 is 11.6 Å². The van der Waals surface area contributed by atoms with Crippen LogP contribution in [0.4, 0.5) is 0 Å². The molecule has 1 saturated carbocycles. The van der Waals surface area contributed by atoms with E-state index in [4.69, 9.17) is 21.5 Å². The lowest BCUT2D eigenvalue weighted by molar-refractivity contribution is -0.130. The summed E-state index contributed by atoms with van der Waals surface area (Å²) in [5, 5.41) is 12.1. The molecule has 1 rings (SSSR count). The minimum Gasteiger partial charge on any atom is -0.476 e. The number of carboxylic acids is 1. The Bertz CT molecular complexity index is 297. The number of hydrogen-bond donors (Lipinski definition) is 1. The lowest BCUT2D eigenvalue weighted by atomic mass is 9.98. The first-order valence-corrected chi connectivity index (χ1v) is 5.75. The van der Waals surface area contributed by atoms with Crippen LogP contribution in [0, 0.1) is 0 Å².